The van der Waals surface area contributed by atoms with Gasteiger partial charge in [0.15, 0.2) is 0 Å². The summed E-state index contributed by atoms with van der Waals surface area (Å²) >= 11 is 0. The van der Waals surface area contributed by atoms with Gasteiger partial charge in [0.05, 0.1) is 12.3 Å². The molecule has 1 fully saturated rings. The van der Waals surface area contributed by atoms with Crippen LogP contribution >= 0.6 is 0 Å². The number of hydrogen-bond acceptors (Lipinski definition) is 4. The maximum Gasteiger partial charge on any atom is 0.128 e. The van der Waals surface area contributed by atoms with Gasteiger partial charge in [0.1, 0.15) is 5.75 Å². The first kappa shape index (κ1) is 23.5. The van der Waals surface area contributed by atoms with Crippen LogP contribution in [-0.4, -0.2) is 60.7 Å². The third-order valence-electron chi connectivity index (χ3n) is 6.30. The van der Waals surface area contributed by atoms with Gasteiger partial charge < -0.3 is 14.5 Å². The lowest BCUT2D eigenvalue weighted by Crippen LogP contribution is -2.47. The summed E-state index contributed by atoms with van der Waals surface area (Å²) in [4.78, 5) is 9.73. The van der Waals surface area contributed by atoms with Crippen LogP contribution in [0, 0.1) is 5.92 Å². The molecule has 0 bridgehead atoms. The van der Waals surface area contributed by atoms with Gasteiger partial charge in [-0.25, -0.2) is 0 Å². The SMILES string of the molecule is CC(C)COc1cc(CCN2CCN(CCc3ccccc3)CC2)ccc1-c1ccccn1. The number of hydrogen-bond donors (Lipinski definition) is 0. The van der Waals surface area contributed by atoms with Gasteiger partial charge in [-0.1, -0.05) is 56.3 Å². The number of pyridine rings is 1. The number of nitrogens with zero attached hydrogens (tertiary/aromatic N) is 3. The molecule has 4 nitrogen and oxygen atoms in total. The van der Waals surface area contributed by atoms with E-state index in [9.17, 15) is 0 Å². The molecule has 33 heavy (non-hydrogen) atoms. The molecule has 1 aliphatic rings. The molecular weight excluding hydrogens is 406 g/mol. The zero-order chi connectivity index (χ0) is 22.9. The molecule has 0 saturated carbocycles. The number of benzene rings is 2. The molecule has 0 N–H and O–H groups in total. The predicted octanol–water partition coefficient (Wildman–Crippen LogP) is 5.19. The molecule has 2 heterocycles. The summed E-state index contributed by atoms with van der Waals surface area (Å²) < 4.78 is 6.20. The van der Waals surface area contributed by atoms with Crippen LogP contribution in [-0.2, 0) is 12.8 Å². The minimum atomic E-state index is 0.489. The van der Waals surface area contributed by atoms with Crippen molar-refractivity contribution in [2.45, 2.75) is 26.7 Å². The molecule has 0 amide bonds. The Hall–Kier alpha value is -2.69. The van der Waals surface area contributed by atoms with Crippen molar-refractivity contribution in [3.05, 3.63) is 84.1 Å². The lowest BCUT2D eigenvalue weighted by Gasteiger charge is -2.34. The standard InChI is InChI=1S/C29H37N3O/c1-24(2)23-33-29-22-26(11-12-27(29)28-10-6-7-15-30-28)14-17-32-20-18-31(19-21-32)16-13-25-8-4-3-5-9-25/h3-12,15,22,24H,13-14,16-21,23H2,1-2H3. The summed E-state index contributed by atoms with van der Waals surface area (Å²) in [7, 11) is 0. The van der Waals surface area contributed by atoms with Gasteiger partial charge in [-0.05, 0) is 54.2 Å². The second-order valence-corrected chi connectivity index (χ2v) is 9.42. The predicted molar refractivity (Wildman–Crippen MR) is 137 cm³/mol. The lowest BCUT2D eigenvalue weighted by atomic mass is 10.0. The molecule has 3 aromatic rings. The first-order valence-corrected chi connectivity index (χ1v) is 12.3. The Labute approximate surface area is 199 Å². The number of aromatic nitrogens is 1. The molecule has 0 atom stereocenters. The van der Waals surface area contributed by atoms with E-state index in [1.807, 2.05) is 18.3 Å². The first-order chi connectivity index (χ1) is 16.2. The summed E-state index contributed by atoms with van der Waals surface area (Å²) in [6.45, 7) is 12.0. The molecule has 4 rings (SSSR count). The summed E-state index contributed by atoms with van der Waals surface area (Å²) in [6, 6.07) is 23.5. The highest BCUT2D eigenvalue weighted by molar-refractivity contribution is 5.67. The fourth-order valence-electron chi connectivity index (χ4n) is 4.29. The lowest BCUT2D eigenvalue weighted by molar-refractivity contribution is 0.134. The van der Waals surface area contributed by atoms with Crippen LogP contribution in [0.2, 0.25) is 0 Å². The van der Waals surface area contributed by atoms with Crippen LogP contribution in [0.15, 0.2) is 72.9 Å². The second kappa shape index (κ2) is 12.0. The van der Waals surface area contributed by atoms with Crippen molar-refractivity contribution in [1.82, 2.24) is 14.8 Å². The summed E-state index contributed by atoms with van der Waals surface area (Å²) in [5, 5.41) is 0. The van der Waals surface area contributed by atoms with Crippen LogP contribution in [0.5, 0.6) is 5.75 Å². The fraction of sp³-hybridized carbons (Fsp3) is 0.414. The van der Waals surface area contributed by atoms with Gasteiger partial charge >= 0.3 is 0 Å². The maximum atomic E-state index is 6.20. The Morgan fingerprint density at radius 3 is 2.09 bits per heavy atom. The van der Waals surface area contributed by atoms with Crippen molar-refractivity contribution in [2.24, 2.45) is 5.92 Å². The molecule has 2 aromatic carbocycles. The summed E-state index contributed by atoms with van der Waals surface area (Å²) in [5.41, 5.74) is 4.81. The Kier molecular flexibility index (Phi) is 8.51. The van der Waals surface area contributed by atoms with E-state index in [1.165, 1.54) is 11.1 Å². The van der Waals surface area contributed by atoms with Crippen LogP contribution in [0.4, 0.5) is 0 Å². The average Bonchev–Trinajstić information content (AvgIpc) is 2.87. The highest BCUT2D eigenvalue weighted by Crippen LogP contribution is 2.30. The molecule has 0 spiro atoms. The fourth-order valence-corrected chi connectivity index (χ4v) is 4.29. The Balaban J connectivity index is 1.29. The largest absolute Gasteiger partial charge is 0.493 e. The van der Waals surface area contributed by atoms with Crippen LogP contribution in [0.3, 0.4) is 0 Å². The van der Waals surface area contributed by atoms with E-state index in [2.05, 4.69) is 83.2 Å². The topological polar surface area (TPSA) is 28.6 Å². The van der Waals surface area contributed by atoms with Crippen molar-refractivity contribution < 1.29 is 4.74 Å². The van der Waals surface area contributed by atoms with Crippen molar-refractivity contribution in [3.63, 3.8) is 0 Å². The van der Waals surface area contributed by atoms with Crippen molar-refractivity contribution in [3.8, 4) is 17.0 Å². The smallest absolute Gasteiger partial charge is 0.128 e. The van der Waals surface area contributed by atoms with Crippen molar-refractivity contribution in [2.75, 3.05) is 45.9 Å². The highest BCUT2D eigenvalue weighted by atomic mass is 16.5. The molecule has 1 aromatic heterocycles. The van der Waals surface area contributed by atoms with E-state index >= 15 is 0 Å². The van der Waals surface area contributed by atoms with Gasteiger partial charge in [0.2, 0.25) is 0 Å². The van der Waals surface area contributed by atoms with E-state index in [1.54, 1.807) is 0 Å². The summed E-state index contributed by atoms with van der Waals surface area (Å²) in [5.74, 6) is 1.44. The van der Waals surface area contributed by atoms with Gasteiger partial charge in [-0.2, -0.15) is 0 Å². The zero-order valence-corrected chi connectivity index (χ0v) is 20.1. The van der Waals surface area contributed by atoms with E-state index in [4.69, 9.17) is 4.74 Å². The maximum absolute atomic E-state index is 6.20. The second-order valence-electron chi connectivity index (χ2n) is 9.42. The Morgan fingerprint density at radius 2 is 1.45 bits per heavy atom. The van der Waals surface area contributed by atoms with Crippen molar-refractivity contribution >= 4 is 0 Å². The molecule has 1 saturated heterocycles. The van der Waals surface area contributed by atoms with E-state index in [-0.39, 0.29) is 0 Å². The van der Waals surface area contributed by atoms with Crippen LogP contribution < -0.4 is 4.74 Å². The number of ether oxygens (including phenoxy) is 1. The zero-order valence-electron chi connectivity index (χ0n) is 20.1. The van der Waals surface area contributed by atoms with Gasteiger partial charge in [0.25, 0.3) is 0 Å². The van der Waals surface area contributed by atoms with Crippen molar-refractivity contribution in [1.29, 1.82) is 0 Å². The average molecular weight is 444 g/mol. The molecule has 0 unspecified atom stereocenters. The number of rotatable bonds is 10. The van der Waals surface area contributed by atoms with Gasteiger partial charge in [-0.3, -0.25) is 4.98 Å². The molecule has 4 heteroatoms. The van der Waals surface area contributed by atoms with Crippen LogP contribution in [0.1, 0.15) is 25.0 Å². The third-order valence-corrected chi connectivity index (χ3v) is 6.30. The first-order valence-electron chi connectivity index (χ1n) is 12.3. The number of piperazine rings is 1. The molecular formula is C29H37N3O. The van der Waals surface area contributed by atoms with E-state index < -0.39 is 0 Å². The Morgan fingerprint density at radius 1 is 0.788 bits per heavy atom. The quantitative estimate of drug-likeness (QED) is 0.431. The molecule has 0 aliphatic carbocycles. The Bertz CT molecular complexity index is 967. The van der Waals surface area contributed by atoms with E-state index in [0.29, 0.717) is 12.5 Å². The molecule has 174 valence electrons. The minimum absolute atomic E-state index is 0.489. The minimum Gasteiger partial charge on any atom is -0.493 e. The van der Waals surface area contributed by atoms with E-state index in [0.717, 1.165) is 69.1 Å². The van der Waals surface area contributed by atoms with Gasteiger partial charge in [0, 0.05) is 51.0 Å². The normalized spacial score (nSPS) is 15.1. The summed E-state index contributed by atoms with van der Waals surface area (Å²) in [6.07, 6.45) is 4.03. The third kappa shape index (κ3) is 7.15. The molecule has 1 aliphatic heterocycles. The van der Waals surface area contributed by atoms with Crippen LogP contribution in [0.25, 0.3) is 11.3 Å². The highest BCUT2D eigenvalue weighted by Gasteiger charge is 2.17. The monoisotopic (exact) mass is 443 g/mol. The molecule has 0 radical (unpaired) electrons. The van der Waals surface area contributed by atoms with Gasteiger partial charge in [-0.15, -0.1) is 0 Å².